The van der Waals surface area contributed by atoms with Gasteiger partial charge in [-0.1, -0.05) is 24.3 Å². The van der Waals surface area contributed by atoms with Gasteiger partial charge in [-0.25, -0.2) is 9.37 Å². The van der Waals surface area contributed by atoms with Gasteiger partial charge in [0.05, 0.1) is 12.5 Å². The second-order valence-electron chi connectivity index (χ2n) is 6.66. The predicted molar refractivity (Wildman–Crippen MR) is 93.2 cm³/mol. The lowest BCUT2D eigenvalue weighted by molar-refractivity contribution is -0.140. The number of carbonyl (C=O) groups is 1. The number of halogens is 1. The molecule has 26 heavy (non-hydrogen) atoms. The maximum atomic E-state index is 13.9. The van der Waals surface area contributed by atoms with Crippen molar-refractivity contribution >= 4 is 5.91 Å². The van der Waals surface area contributed by atoms with E-state index in [1.165, 1.54) is 6.07 Å². The van der Waals surface area contributed by atoms with Crippen LogP contribution in [-0.2, 0) is 16.0 Å². The quantitative estimate of drug-likeness (QED) is 0.845. The van der Waals surface area contributed by atoms with Crippen molar-refractivity contribution in [1.82, 2.24) is 9.88 Å². The molecule has 0 spiro atoms. The number of likely N-dealkylation sites (tertiary alicyclic amines) is 1. The first-order valence-electron chi connectivity index (χ1n) is 8.94. The highest BCUT2D eigenvalue weighted by Gasteiger charge is 2.45. The molecule has 1 aromatic heterocycles. The zero-order valence-corrected chi connectivity index (χ0v) is 14.4. The van der Waals surface area contributed by atoms with Gasteiger partial charge in [0.25, 0.3) is 0 Å². The number of hydrogen-bond donors (Lipinski definition) is 0. The molecule has 2 fully saturated rings. The number of benzene rings is 1. The molecule has 0 aliphatic carbocycles. The van der Waals surface area contributed by atoms with Crippen LogP contribution < -0.4 is 4.74 Å². The first-order chi connectivity index (χ1) is 12.7. The third-order valence-corrected chi connectivity index (χ3v) is 5.05. The van der Waals surface area contributed by atoms with Gasteiger partial charge in [0.15, 0.2) is 0 Å². The zero-order chi connectivity index (χ0) is 17.9. The molecule has 5 nitrogen and oxygen atoms in total. The molecule has 2 aliphatic heterocycles. The van der Waals surface area contributed by atoms with Crippen LogP contribution in [0, 0.1) is 5.82 Å². The first-order valence-corrected chi connectivity index (χ1v) is 8.94. The normalized spacial score (nSPS) is 25.0. The van der Waals surface area contributed by atoms with Gasteiger partial charge < -0.3 is 14.4 Å². The number of ether oxygens (including phenoxy) is 2. The van der Waals surface area contributed by atoms with Crippen LogP contribution in [0.3, 0.4) is 0 Å². The van der Waals surface area contributed by atoms with Crippen molar-refractivity contribution in [2.45, 2.75) is 37.5 Å². The highest BCUT2D eigenvalue weighted by Crippen LogP contribution is 2.31. The monoisotopic (exact) mass is 356 g/mol. The number of rotatable bonds is 4. The summed E-state index contributed by atoms with van der Waals surface area (Å²) in [6.45, 7) is 1.18. The van der Waals surface area contributed by atoms with E-state index in [-0.39, 0.29) is 36.4 Å². The van der Waals surface area contributed by atoms with E-state index >= 15 is 0 Å². The van der Waals surface area contributed by atoms with E-state index in [0.717, 1.165) is 6.42 Å². The Morgan fingerprint density at radius 3 is 2.88 bits per heavy atom. The number of amides is 1. The second-order valence-corrected chi connectivity index (χ2v) is 6.66. The maximum Gasteiger partial charge on any atom is 0.227 e. The third kappa shape index (κ3) is 3.42. The summed E-state index contributed by atoms with van der Waals surface area (Å²) in [4.78, 5) is 18.8. The fourth-order valence-electron chi connectivity index (χ4n) is 3.80. The Bertz CT molecular complexity index is 771. The van der Waals surface area contributed by atoms with E-state index in [4.69, 9.17) is 9.47 Å². The molecule has 2 aliphatic rings. The number of pyridine rings is 1. The standard InChI is InChI=1S/C20H21FN2O3/c21-15-6-2-1-5-14(15)13-19(24)23-11-8-17(20-16(23)9-12-25-20)26-18-7-3-4-10-22-18/h1-7,10,16-17,20H,8-9,11-13H2/t16-,17+,20-/m0/s1. The van der Waals surface area contributed by atoms with Crippen molar-refractivity contribution < 1.29 is 18.7 Å². The average Bonchev–Trinajstić information content (AvgIpc) is 3.15. The van der Waals surface area contributed by atoms with Crippen LogP contribution in [0.5, 0.6) is 5.88 Å². The van der Waals surface area contributed by atoms with E-state index in [2.05, 4.69) is 4.98 Å². The molecule has 0 unspecified atom stereocenters. The molecule has 0 radical (unpaired) electrons. The fraction of sp³-hybridized carbons (Fsp3) is 0.400. The smallest absolute Gasteiger partial charge is 0.227 e. The lowest BCUT2D eigenvalue weighted by Gasteiger charge is -2.41. The van der Waals surface area contributed by atoms with E-state index in [1.54, 1.807) is 24.4 Å². The minimum Gasteiger partial charge on any atom is -0.471 e. The van der Waals surface area contributed by atoms with Gasteiger partial charge in [0.1, 0.15) is 18.0 Å². The van der Waals surface area contributed by atoms with Crippen LogP contribution in [0.2, 0.25) is 0 Å². The number of carbonyl (C=O) groups excluding carboxylic acids is 1. The molecular formula is C20H21FN2O3. The summed E-state index contributed by atoms with van der Waals surface area (Å²) in [6.07, 6.45) is 2.90. The lowest BCUT2D eigenvalue weighted by Crippen LogP contribution is -2.56. The van der Waals surface area contributed by atoms with E-state index in [0.29, 0.717) is 31.0 Å². The van der Waals surface area contributed by atoms with Gasteiger partial charge in [-0.15, -0.1) is 0 Å². The second kappa shape index (κ2) is 7.41. The van der Waals surface area contributed by atoms with Gasteiger partial charge >= 0.3 is 0 Å². The molecule has 6 heteroatoms. The van der Waals surface area contributed by atoms with Crippen molar-refractivity contribution in [2.24, 2.45) is 0 Å². The molecule has 136 valence electrons. The highest BCUT2D eigenvalue weighted by atomic mass is 19.1. The summed E-state index contributed by atoms with van der Waals surface area (Å²) in [7, 11) is 0. The SMILES string of the molecule is O=C(Cc1ccccc1F)N1CC[C@@H](Oc2ccccn2)[C@H]2OCC[C@@H]21. The van der Waals surface area contributed by atoms with Crippen molar-refractivity contribution in [3.63, 3.8) is 0 Å². The number of fused-ring (bicyclic) bond motifs is 1. The van der Waals surface area contributed by atoms with Gasteiger partial charge in [-0.05, 0) is 24.1 Å². The molecule has 1 amide bonds. The largest absolute Gasteiger partial charge is 0.471 e. The van der Waals surface area contributed by atoms with Crippen LogP contribution in [-0.4, -0.2) is 47.2 Å². The van der Waals surface area contributed by atoms with E-state index in [9.17, 15) is 9.18 Å². The molecular weight excluding hydrogens is 335 g/mol. The van der Waals surface area contributed by atoms with Crippen molar-refractivity contribution in [3.8, 4) is 5.88 Å². The third-order valence-electron chi connectivity index (χ3n) is 5.05. The maximum absolute atomic E-state index is 13.9. The predicted octanol–water partition coefficient (Wildman–Crippen LogP) is 2.60. The summed E-state index contributed by atoms with van der Waals surface area (Å²) < 4.78 is 25.7. The number of nitrogens with zero attached hydrogens (tertiary/aromatic N) is 2. The van der Waals surface area contributed by atoms with Gasteiger partial charge in [-0.2, -0.15) is 0 Å². The molecule has 0 saturated carbocycles. The number of hydrogen-bond acceptors (Lipinski definition) is 4. The Hall–Kier alpha value is -2.47. The molecule has 2 aromatic rings. The molecule has 0 N–H and O–H groups in total. The summed E-state index contributed by atoms with van der Waals surface area (Å²) in [5, 5.41) is 0. The lowest BCUT2D eigenvalue weighted by atomic mass is 9.94. The Kier molecular flexibility index (Phi) is 4.84. The minimum atomic E-state index is -0.339. The van der Waals surface area contributed by atoms with Crippen molar-refractivity contribution in [3.05, 3.63) is 60.0 Å². The number of aromatic nitrogens is 1. The molecule has 0 bridgehead atoms. The van der Waals surface area contributed by atoms with Crippen LogP contribution >= 0.6 is 0 Å². The van der Waals surface area contributed by atoms with E-state index < -0.39 is 0 Å². The zero-order valence-electron chi connectivity index (χ0n) is 14.4. The first kappa shape index (κ1) is 17.0. The minimum absolute atomic E-state index is 0.0308. The molecule has 3 heterocycles. The van der Waals surface area contributed by atoms with Gasteiger partial charge in [0.2, 0.25) is 11.8 Å². The Labute approximate surface area is 151 Å². The van der Waals surface area contributed by atoms with Crippen LogP contribution in [0.15, 0.2) is 48.7 Å². The van der Waals surface area contributed by atoms with E-state index in [1.807, 2.05) is 23.1 Å². The van der Waals surface area contributed by atoms with Crippen molar-refractivity contribution in [2.75, 3.05) is 13.2 Å². The molecule has 4 rings (SSSR count). The van der Waals surface area contributed by atoms with Crippen LogP contribution in [0.25, 0.3) is 0 Å². The van der Waals surface area contributed by atoms with Crippen LogP contribution in [0.1, 0.15) is 18.4 Å². The topological polar surface area (TPSA) is 51.7 Å². The van der Waals surface area contributed by atoms with Gasteiger partial charge in [-0.3, -0.25) is 4.79 Å². The Balaban J connectivity index is 1.45. The molecule has 1 aromatic carbocycles. The highest BCUT2D eigenvalue weighted by molar-refractivity contribution is 5.79. The molecule has 3 atom stereocenters. The molecule has 2 saturated heterocycles. The fourth-order valence-corrected chi connectivity index (χ4v) is 3.80. The summed E-state index contributed by atoms with van der Waals surface area (Å²) >= 11 is 0. The van der Waals surface area contributed by atoms with Crippen molar-refractivity contribution in [1.29, 1.82) is 0 Å². The summed E-state index contributed by atoms with van der Waals surface area (Å²) in [6, 6.07) is 11.9. The summed E-state index contributed by atoms with van der Waals surface area (Å²) in [5.74, 6) is 0.165. The Morgan fingerprint density at radius 2 is 2.08 bits per heavy atom. The summed E-state index contributed by atoms with van der Waals surface area (Å²) in [5.41, 5.74) is 0.430. The number of piperidine rings is 1. The van der Waals surface area contributed by atoms with Crippen LogP contribution in [0.4, 0.5) is 4.39 Å². The van der Waals surface area contributed by atoms with Gasteiger partial charge in [0, 0.05) is 31.8 Å². The Morgan fingerprint density at radius 1 is 1.23 bits per heavy atom. The average molecular weight is 356 g/mol.